The van der Waals surface area contributed by atoms with Crippen LogP contribution in [0.4, 0.5) is 0 Å². The van der Waals surface area contributed by atoms with E-state index in [0.717, 1.165) is 52.1 Å². The molecular weight excluding hydrogens is 202 g/mol. The van der Waals surface area contributed by atoms with E-state index in [-0.39, 0.29) is 5.91 Å². The lowest BCUT2D eigenvalue weighted by Crippen LogP contribution is -2.33. The van der Waals surface area contributed by atoms with Gasteiger partial charge in [0.25, 0.3) is 0 Å². The van der Waals surface area contributed by atoms with Crippen LogP contribution in [0.5, 0.6) is 0 Å². The first kappa shape index (κ1) is 13.5. The average Bonchev–Trinajstić information content (AvgIpc) is 2.50. The molecule has 0 aromatic rings. The van der Waals surface area contributed by atoms with E-state index >= 15 is 0 Å². The van der Waals surface area contributed by atoms with Crippen LogP contribution >= 0.6 is 0 Å². The summed E-state index contributed by atoms with van der Waals surface area (Å²) in [4.78, 5) is 15.7. The third-order valence-electron chi connectivity index (χ3n) is 3.21. The van der Waals surface area contributed by atoms with E-state index in [1.54, 1.807) is 6.92 Å². The van der Waals surface area contributed by atoms with Gasteiger partial charge in [-0.25, -0.2) is 0 Å². The van der Waals surface area contributed by atoms with Gasteiger partial charge in [-0.15, -0.1) is 0 Å². The fourth-order valence-electron chi connectivity index (χ4n) is 2.17. The van der Waals surface area contributed by atoms with E-state index in [2.05, 4.69) is 4.90 Å². The highest BCUT2D eigenvalue weighted by atomic mass is 16.2. The lowest BCUT2D eigenvalue weighted by molar-refractivity contribution is -0.128. The van der Waals surface area contributed by atoms with Gasteiger partial charge in [-0.2, -0.15) is 0 Å². The minimum absolute atomic E-state index is 0.213. The molecule has 1 aliphatic rings. The summed E-state index contributed by atoms with van der Waals surface area (Å²) >= 11 is 0. The van der Waals surface area contributed by atoms with Crippen LogP contribution in [-0.2, 0) is 4.79 Å². The molecule has 1 heterocycles. The normalized spacial score (nSPS) is 18.5. The molecule has 0 bridgehead atoms. The molecule has 0 spiro atoms. The van der Waals surface area contributed by atoms with Crippen LogP contribution in [0, 0.1) is 0 Å². The maximum atomic E-state index is 11.3. The van der Waals surface area contributed by atoms with Gasteiger partial charge in [-0.3, -0.25) is 4.79 Å². The minimum atomic E-state index is 0.213. The van der Waals surface area contributed by atoms with Crippen molar-refractivity contribution in [2.45, 2.75) is 32.6 Å². The molecule has 1 amide bonds. The Kier molecular flexibility index (Phi) is 6.42. The molecule has 0 saturated carbocycles. The number of nitrogens with two attached hydrogens (primary N) is 1. The molecule has 1 aliphatic heterocycles. The highest BCUT2D eigenvalue weighted by molar-refractivity contribution is 5.73. The number of hydrogen-bond donors (Lipinski definition) is 1. The summed E-state index contributed by atoms with van der Waals surface area (Å²) in [5, 5.41) is 0. The Morgan fingerprint density at radius 3 is 2.62 bits per heavy atom. The summed E-state index contributed by atoms with van der Waals surface area (Å²) < 4.78 is 0. The zero-order valence-electron chi connectivity index (χ0n) is 10.5. The van der Waals surface area contributed by atoms with Gasteiger partial charge in [0.15, 0.2) is 0 Å². The molecule has 0 aromatic heterocycles. The van der Waals surface area contributed by atoms with Crippen LogP contribution in [0.3, 0.4) is 0 Å². The molecule has 16 heavy (non-hydrogen) atoms. The number of carbonyl (C=O) groups excluding carboxylic acids is 1. The molecule has 4 heteroatoms. The monoisotopic (exact) mass is 227 g/mol. The van der Waals surface area contributed by atoms with Crippen molar-refractivity contribution in [3.05, 3.63) is 0 Å². The molecule has 0 atom stereocenters. The molecule has 0 radical (unpaired) electrons. The Bertz CT molecular complexity index is 208. The Hall–Kier alpha value is -0.610. The van der Waals surface area contributed by atoms with E-state index in [0.29, 0.717) is 0 Å². The van der Waals surface area contributed by atoms with Gasteiger partial charge in [0.1, 0.15) is 0 Å². The fourth-order valence-corrected chi connectivity index (χ4v) is 2.17. The second-order valence-electron chi connectivity index (χ2n) is 4.55. The molecule has 0 aliphatic carbocycles. The first-order chi connectivity index (χ1) is 7.74. The quantitative estimate of drug-likeness (QED) is 0.702. The fraction of sp³-hybridized carbons (Fsp3) is 0.917. The maximum absolute atomic E-state index is 11.3. The zero-order chi connectivity index (χ0) is 11.8. The van der Waals surface area contributed by atoms with E-state index in [1.807, 2.05) is 4.90 Å². The Labute approximate surface area is 98.8 Å². The molecule has 0 unspecified atom stereocenters. The molecule has 1 fully saturated rings. The molecule has 1 saturated heterocycles. The lowest BCUT2D eigenvalue weighted by Gasteiger charge is -2.20. The molecule has 0 aromatic carbocycles. The van der Waals surface area contributed by atoms with Crippen molar-refractivity contribution >= 4 is 5.91 Å². The van der Waals surface area contributed by atoms with Gasteiger partial charge in [-0.05, 0) is 38.9 Å². The van der Waals surface area contributed by atoms with E-state index in [1.165, 1.54) is 12.8 Å². The lowest BCUT2D eigenvalue weighted by atomic mass is 10.2. The number of hydrogen-bond acceptors (Lipinski definition) is 3. The van der Waals surface area contributed by atoms with Gasteiger partial charge < -0.3 is 15.5 Å². The average molecular weight is 227 g/mol. The summed E-state index contributed by atoms with van der Waals surface area (Å²) in [7, 11) is 0. The van der Waals surface area contributed by atoms with Gasteiger partial charge in [0.05, 0.1) is 0 Å². The Balaban J connectivity index is 2.17. The van der Waals surface area contributed by atoms with Crippen molar-refractivity contribution in [2.24, 2.45) is 5.73 Å². The SMILES string of the molecule is CC(=O)N1CCCN(CCCCCN)CC1. The van der Waals surface area contributed by atoms with Crippen molar-refractivity contribution in [1.29, 1.82) is 0 Å². The molecular formula is C12H25N3O. The highest BCUT2D eigenvalue weighted by Gasteiger charge is 2.15. The predicted molar refractivity (Wildman–Crippen MR) is 66.2 cm³/mol. The van der Waals surface area contributed by atoms with Crippen molar-refractivity contribution in [3.8, 4) is 0 Å². The first-order valence-electron chi connectivity index (χ1n) is 6.42. The predicted octanol–water partition coefficient (Wildman–Crippen LogP) is 0.670. The summed E-state index contributed by atoms with van der Waals surface area (Å²) in [6.45, 7) is 7.61. The summed E-state index contributed by atoms with van der Waals surface area (Å²) in [6, 6.07) is 0. The van der Waals surface area contributed by atoms with Crippen LogP contribution in [0.1, 0.15) is 32.6 Å². The number of carbonyl (C=O) groups is 1. The van der Waals surface area contributed by atoms with Crippen LogP contribution in [0.25, 0.3) is 0 Å². The second kappa shape index (κ2) is 7.63. The van der Waals surface area contributed by atoms with Crippen molar-refractivity contribution in [1.82, 2.24) is 9.80 Å². The standard InChI is InChI=1S/C12H25N3O/c1-12(16)15-9-5-8-14(10-11-15)7-4-2-3-6-13/h2-11,13H2,1H3. The largest absolute Gasteiger partial charge is 0.342 e. The van der Waals surface area contributed by atoms with Gasteiger partial charge in [0, 0.05) is 26.6 Å². The van der Waals surface area contributed by atoms with Crippen LogP contribution < -0.4 is 5.73 Å². The van der Waals surface area contributed by atoms with Crippen molar-refractivity contribution in [3.63, 3.8) is 0 Å². The van der Waals surface area contributed by atoms with Crippen LogP contribution in [0.15, 0.2) is 0 Å². The summed E-state index contributed by atoms with van der Waals surface area (Å²) in [5.41, 5.74) is 5.47. The maximum Gasteiger partial charge on any atom is 0.219 e. The smallest absolute Gasteiger partial charge is 0.219 e. The van der Waals surface area contributed by atoms with Crippen molar-refractivity contribution in [2.75, 3.05) is 39.3 Å². The third-order valence-corrected chi connectivity index (χ3v) is 3.21. The number of unbranched alkanes of at least 4 members (excludes halogenated alkanes) is 2. The Morgan fingerprint density at radius 1 is 1.12 bits per heavy atom. The van der Waals surface area contributed by atoms with E-state index in [4.69, 9.17) is 5.73 Å². The van der Waals surface area contributed by atoms with Gasteiger partial charge in [-0.1, -0.05) is 6.42 Å². The molecule has 2 N–H and O–H groups in total. The van der Waals surface area contributed by atoms with Crippen LogP contribution in [0.2, 0.25) is 0 Å². The summed E-state index contributed by atoms with van der Waals surface area (Å²) in [5.74, 6) is 0.213. The molecule has 4 nitrogen and oxygen atoms in total. The summed E-state index contributed by atoms with van der Waals surface area (Å²) in [6.07, 6.45) is 4.70. The molecule has 94 valence electrons. The first-order valence-corrected chi connectivity index (χ1v) is 6.42. The minimum Gasteiger partial charge on any atom is -0.342 e. The highest BCUT2D eigenvalue weighted by Crippen LogP contribution is 2.05. The van der Waals surface area contributed by atoms with E-state index < -0.39 is 0 Å². The third kappa shape index (κ3) is 4.94. The van der Waals surface area contributed by atoms with Gasteiger partial charge in [0.2, 0.25) is 5.91 Å². The topological polar surface area (TPSA) is 49.6 Å². The Morgan fingerprint density at radius 2 is 1.94 bits per heavy atom. The second-order valence-corrected chi connectivity index (χ2v) is 4.55. The zero-order valence-corrected chi connectivity index (χ0v) is 10.5. The molecule has 1 rings (SSSR count). The van der Waals surface area contributed by atoms with Crippen LogP contribution in [-0.4, -0.2) is 55.0 Å². The number of nitrogens with zero attached hydrogens (tertiary/aromatic N) is 2. The van der Waals surface area contributed by atoms with Crippen molar-refractivity contribution < 1.29 is 4.79 Å². The number of rotatable bonds is 5. The van der Waals surface area contributed by atoms with E-state index in [9.17, 15) is 4.79 Å². The number of amides is 1. The van der Waals surface area contributed by atoms with Gasteiger partial charge >= 0.3 is 0 Å².